The van der Waals surface area contributed by atoms with E-state index in [0.29, 0.717) is 6.79 Å². The van der Waals surface area contributed by atoms with Crippen molar-refractivity contribution in [2.24, 2.45) is 0 Å². The minimum absolute atomic E-state index is 0.354. The van der Waals surface area contributed by atoms with E-state index in [0.717, 1.165) is 37.2 Å². The van der Waals surface area contributed by atoms with Gasteiger partial charge in [-0.2, -0.15) is 0 Å². The molecule has 0 amide bonds. The van der Waals surface area contributed by atoms with Gasteiger partial charge in [0.1, 0.15) is 0 Å². The molecule has 0 unspecified atom stereocenters. The van der Waals surface area contributed by atoms with Crippen LogP contribution in [0.1, 0.15) is 18.4 Å². The first-order valence-electron chi connectivity index (χ1n) is 8.44. The number of fused-ring (bicyclic) bond motifs is 1. The number of benzene rings is 1. The Hall–Kier alpha value is -1.30. The first kappa shape index (κ1) is 14.3. The third-order valence-electron chi connectivity index (χ3n) is 5.04. The number of rotatable bonds is 3. The van der Waals surface area contributed by atoms with Crippen LogP contribution in [0.4, 0.5) is 0 Å². The standard InChI is InChI=1S/C17H25N3O2/c1-2-15(11-18-5-1)20-8-6-19(7-9-20)12-14-3-4-16-17(10-14)22-13-21-16/h3-4,10,15,18H,1-2,5-9,11-13H2/t15-/m1/s1. The van der Waals surface area contributed by atoms with Crippen LogP contribution in [0.15, 0.2) is 18.2 Å². The first-order chi connectivity index (χ1) is 10.9. The molecule has 3 aliphatic heterocycles. The van der Waals surface area contributed by atoms with Crippen molar-refractivity contribution < 1.29 is 9.47 Å². The topological polar surface area (TPSA) is 37.0 Å². The van der Waals surface area contributed by atoms with Gasteiger partial charge < -0.3 is 14.8 Å². The van der Waals surface area contributed by atoms with Gasteiger partial charge in [-0.15, -0.1) is 0 Å². The van der Waals surface area contributed by atoms with Gasteiger partial charge in [0.2, 0.25) is 6.79 Å². The Bertz CT molecular complexity index is 509. The summed E-state index contributed by atoms with van der Waals surface area (Å²) in [4.78, 5) is 5.21. The van der Waals surface area contributed by atoms with Gasteiger partial charge in [-0.25, -0.2) is 0 Å². The third kappa shape index (κ3) is 3.07. The van der Waals surface area contributed by atoms with Crippen molar-refractivity contribution in [2.75, 3.05) is 46.1 Å². The van der Waals surface area contributed by atoms with Crippen LogP contribution in [0.2, 0.25) is 0 Å². The van der Waals surface area contributed by atoms with Crippen LogP contribution in [-0.4, -0.2) is 61.9 Å². The summed E-state index contributed by atoms with van der Waals surface area (Å²) in [5.41, 5.74) is 1.32. The maximum atomic E-state index is 5.47. The van der Waals surface area contributed by atoms with Gasteiger partial charge in [0.15, 0.2) is 11.5 Å². The summed E-state index contributed by atoms with van der Waals surface area (Å²) in [6.07, 6.45) is 2.68. The van der Waals surface area contributed by atoms with Crippen molar-refractivity contribution in [1.29, 1.82) is 0 Å². The Balaban J connectivity index is 1.30. The van der Waals surface area contributed by atoms with Gasteiger partial charge in [0.05, 0.1) is 0 Å². The molecule has 4 rings (SSSR count). The van der Waals surface area contributed by atoms with E-state index in [1.54, 1.807) is 0 Å². The monoisotopic (exact) mass is 303 g/mol. The van der Waals surface area contributed by atoms with Crippen LogP contribution in [0.5, 0.6) is 11.5 Å². The SMILES string of the molecule is c1cc2c(cc1CN1CCN([C@@H]3CCCNC3)CC1)OCO2. The highest BCUT2D eigenvalue weighted by Gasteiger charge is 2.25. The lowest BCUT2D eigenvalue weighted by atomic mass is 10.0. The van der Waals surface area contributed by atoms with Crippen LogP contribution in [0, 0.1) is 0 Å². The number of piperidine rings is 1. The fourth-order valence-electron chi connectivity index (χ4n) is 3.73. The molecule has 3 heterocycles. The molecule has 0 saturated carbocycles. The molecule has 0 spiro atoms. The van der Waals surface area contributed by atoms with E-state index in [4.69, 9.17) is 9.47 Å². The highest BCUT2D eigenvalue weighted by atomic mass is 16.7. The number of nitrogens with one attached hydrogen (secondary N) is 1. The van der Waals surface area contributed by atoms with E-state index in [-0.39, 0.29) is 0 Å². The summed E-state index contributed by atoms with van der Waals surface area (Å²) in [7, 11) is 0. The number of nitrogens with zero attached hydrogens (tertiary/aromatic N) is 2. The Morgan fingerprint density at radius 2 is 1.95 bits per heavy atom. The number of piperazine rings is 1. The molecule has 5 nitrogen and oxygen atoms in total. The third-order valence-corrected chi connectivity index (χ3v) is 5.04. The molecule has 1 atom stereocenters. The zero-order valence-electron chi connectivity index (χ0n) is 13.1. The van der Waals surface area contributed by atoms with Crippen molar-refractivity contribution in [1.82, 2.24) is 15.1 Å². The fraction of sp³-hybridized carbons (Fsp3) is 0.647. The molecular weight excluding hydrogens is 278 g/mol. The Labute approximate surface area is 132 Å². The molecule has 3 aliphatic rings. The predicted molar refractivity (Wildman–Crippen MR) is 85.3 cm³/mol. The second kappa shape index (κ2) is 6.44. The van der Waals surface area contributed by atoms with Crippen LogP contribution >= 0.6 is 0 Å². The number of ether oxygens (including phenoxy) is 2. The van der Waals surface area contributed by atoms with Crippen molar-refractivity contribution in [2.45, 2.75) is 25.4 Å². The van der Waals surface area contributed by atoms with E-state index < -0.39 is 0 Å². The lowest BCUT2D eigenvalue weighted by molar-refractivity contribution is 0.0807. The van der Waals surface area contributed by atoms with Crippen molar-refractivity contribution in [3.8, 4) is 11.5 Å². The van der Waals surface area contributed by atoms with Gasteiger partial charge in [-0.05, 0) is 37.1 Å². The lowest BCUT2D eigenvalue weighted by Gasteiger charge is -2.40. The summed E-state index contributed by atoms with van der Waals surface area (Å²) >= 11 is 0. The minimum Gasteiger partial charge on any atom is -0.454 e. The number of hydrogen-bond acceptors (Lipinski definition) is 5. The predicted octanol–water partition coefficient (Wildman–Crippen LogP) is 1.28. The van der Waals surface area contributed by atoms with E-state index in [9.17, 15) is 0 Å². The largest absolute Gasteiger partial charge is 0.454 e. The molecule has 1 aromatic carbocycles. The van der Waals surface area contributed by atoms with Crippen LogP contribution < -0.4 is 14.8 Å². The molecule has 2 fully saturated rings. The van der Waals surface area contributed by atoms with E-state index in [1.165, 1.54) is 44.6 Å². The molecule has 1 N–H and O–H groups in total. The Morgan fingerprint density at radius 3 is 2.77 bits per heavy atom. The van der Waals surface area contributed by atoms with Gasteiger partial charge >= 0.3 is 0 Å². The maximum Gasteiger partial charge on any atom is 0.231 e. The molecule has 0 aliphatic carbocycles. The Morgan fingerprint density at radius 1 is 1.09 bits per heavy atom. The quantitative estimate of drug-likeness (QED) is 0.910. The zero-order chi connectivity index (χ0) is 14.8. The Kier molecular flexibility index (Phi) is 4.19. The zero-order valence-corrected chi connectivity index (χ0v) is 13.1. The van der Waals surface area contributed by atoms with Crippen molar-refractivity contribution in [3.63, 3.8) is 0 Å². The molecular formula is C17H25N3O2. The van der Waals surface area contributed by atoms with E-state index in [1.807, 2.05) is 6.07 Å². The molecule has 0 aromatic heterocycles. The smallest absolute Gasteiger partial charge is 0.231 e. The molecule has 5 heteroatoms. The summed E-state index contributed by atoms with van der Waals surface area (Å²) in [5, 5.41) is 3.53. The first-order valence-corrected chi connectivity index (χ1v) is 8.44. The second-order valence-corrected chi connectivity index (χ2v) is 6.50. The lowest BCUT2D eigenvalue weighted by Crippen LogP contribution is -2.54. The van der Waals surface area contributed by atoms with Crippen LogP contribution in [0.25, 0.3) is 0 Å². The fourth-order valence-corrected chi connectivity index (χ4v) is 3.73. The summed E-state index contributed by atoms with van der Waals surface area (Å²) in [6, 6.07) is 7.06. The molecule has 120 valence electrons. The van der Waals surface area contributed by atoms with Gasteiger partial charge in [-0.1, -0.05) is 6.07 Å². The summed E-state index contributed by atoms with van der Waals surface area (Å²) in [6.45, 7) is 8.42. The average molecular weight is 303 g/mol. The van der Waals surface area contributed by atoms with Gasteiger partial charge in [-0.3, -0.25) is 9.80 Å². The maximum absolute atomic E-state index is 5.47. The molecule has 2 saturated heterocycles. The van der Waals surface area contributed by atoms with Gasteiger partial charge in [0.25, 0.3) is 0 Å². The normalized spacial score (nSPS) is 26.3. The highest BCUT2D eigenvalue weighted by Crippen LogP contribution is 2.32. The second-order valence-electron chi connectivity index (χ2n) is 6.50. The summed E-state index contributed by atoms with van der Waals surface area (Å²) in [5.74, 6) is 1.77. The highest BCUT2D eigenvalue weighted by molar-refractivity contribution is 5.44. The summed E-state index contributed by atoms with van der Waals surface area (Å²) < 4.78 is 10.8. The number of hydrogen-bond donors (Lipinski definition) is 1. The average Bonchev–Trinajstić information content (AvgIpc) is 3.04. The van der Waals surface area contributed by atoms with Gasteiger partial charge in [0, 0.05) is 45.3 Å². The van der Waals surface area contributed by atoms with Crippen LogP contribution in [-0.2, 0) is 6.54 Å². The molecule has 22 heavy (non-hydrogen) atoms. The molecule has 0 radical (unpaired) electrons. The van der Waals surface area contributed by atoms with E-state index >= 15 is 0 Å². The van der Waals surface area contributed by atoms with Crippen molar-refractivity contribution >= 4 is 0 Å². The van der Waals surface area contributed by atoms with Crippen LogP contribution in [0.3, 0.4) is 0 Å². The van der Waals surface area contributed by atoms with E-state index in [2.05, 4.69) is 27.2 Å². The molecule has 0 bridgehead atoms. The van der Waals surface area contributed by atoms with Crippen molar-refractivity contribution in [3.05, 3.63) is 23.8 Å². The minimum atomic E-state index is 0.354. The molecule has 1 aromatic rings.